The molecule has 0 bridgehead atoms. The molecule has 0 fully saturated rings. The Bertz CT molecular complexity index is 993. The van der Waals surface area contributed by atoms with Crippen LogP contribution in [0.25, 0.3) is 0 Å². The van der Waals surface area contributed by atoms with E-state index in [9.17, 15) is 4.39 Å². The summed E-state index contributed by atoms with van der Waals surface area (Å²) >= 11 is 6.14. The average molecular weight is 404 g/mol. The third-order valence-corrected chi connectivity index (χ3v) is 4.90. The molecule has 0 amide bonds. The summed E-state index contributed by atoms with van der Waals surface area (Å²) in [5, 5.41) is 0.307. The normalized spacial score (nSPS) is 20.2. The van der Waals surface area contributed by atoms with Crippen molar-refractivity contribution in [3.8, 4) is 0 Å². The third kappa shape index (κ3) is 3.05. The molecule has 0 aliphatic carbocycles. The largest absolute Gasteiger partial charge is 0.338 e. The SMILES string of the molecule is CC(c1ncc(F)cn1)N1c2nc(Cl)ccc2C(N)N(c2cn(C)cn2)C1N. The molecule has 0 radical (unpaired) electrons. The monoisotopic (exact) mass is 403 g/mol. The summed E-state index contributed by atoms with van der Waals surface area (Å²) < 4.78 is 15.1. The summed E-state index contributed by atoms with van der Waals surface area (Å²) in [5.41, 5.74) is 13.8. The molecule has 28 heavy (non-hydrogen) atoms. The average Bonchev–Trinajstić information content (AvgIpc) is 3.08. The predicted octanol–water partition coefficient (Wildman–Crippen LogP) is 1.69. The molecule has 3 unspecified atom stereocenters. The van der Waals surface area contributed by atoms with Gasteiger partial charge >= 0.3 is 0 Å². The molecule has 11 heteroatoms. The lowest BCUT2D eigenvalue weighted by atomic mass is 10.1. The number of anilines is 2. The number of rotatable bonds is 3. The summed E-state index contributed by atoms with van der Waals surface area (Å²) in [4.78, 5) is 20.6. The Balaban J connectivity index is 1.84. The van der Waals surface area contributed by atoms with Gasteiger partial charge in [0.2, 0.25) is 0 Å². The minimum absolute atomic E-state index is 0.307. The van der Waals surface area contributed by atoms with Gasteiger partial charge in [0.15, 0.2) is 23.7 Å². The standard InChI is InChI=1S/C17H19ClFN9/c1-9(15-22-5-10(19)6-23-15)27-16-11(3-4-12(18)25-16)14(20)28(17(27)21)13-7-26(2)8-24-13/h3-9,14,17H,20-21H2,1-2H3. The second kappa shape index (κ2) is 6.97. The van der Waals surface area contributed by atoms with Crippen molar-refractivity contribution in [3.63, 3.8) is 0 Å². The van der Waals surface area contributed by atoms with Gasteiger partial charge < -0.3 is 20.1 Å². The Hall–Kier alpha value is -2.82. The molecule has 0 saturated carbocycles. The van der Waals surface area contributed by atoms with Crippen LogP contribution in [0.2, 0.25) is 5.15 Å². The van der Waals surface area contributed by atoms with Gasteiger partial charge in [0, 0.05) is 18.8 Å². The molecule has 0 aromatic carbocycles. The lowest BCUT2D eigenvalue weighted by Gasteiger charge is -2.48. The number of imidazole rings is 1. The van der Waals surface area contributed by atoms with Crippen LogP contribution in [0.5, 0.6) is 0 Å². The number of nitrogens with two attached hydrogens (primary N) is 2. The quantitative estimate of drug-likeness (QED) is 0.635. The first-order chi connectivity index (χ1) is 13.4. The molecule has 0 spiro atoms. The highest BCUT2D eigenvalue weighted by atomic mass is 35.5. The maximum atomic E-state index is 13.3. The van der Waals surface area contributed by atoms with Crippen LogP contribution in [0.3, 0.4) is 0 Å². The molecule has 4 rings (SSSR count). The topological polar surface area (TPSA) is 115 Å². The Morgan fingerprint density at radius 1 is 1.18 bits per heavy atom. The molecular weight excluding hydrogens is 385 g/mol. The number of halogens is 2. The van der Waals surface area contributed by atoms with Gasteiger partial charge in [0.25, 0.3) is 0 Å². The fraction of sp³-hybridized carbons (Fsp3) is 0.294. The highest BCUT2D eigenvalue weighted by Gasteiger charge is 2.40. The van der Waals surface area contributed by atoms with Crippen molar-refractivity contribution in [2.75, 3.05) is 9.80 Å². The van der Waals surface area contributed by atoms with Crippen LogP contribution in [0.1, 0.15) is 30.5 Å². The number of pyridine rings is 1. The highest BCUT2D eigenvalue weighted by molar-refractivity contribution is 6.29. The van der Waals surface area contributed by atoms with Crippen LogP contribution < -0.4 is 21.3 Å². The molecular formula is C17H19ClFN9. The Labute approximate surface area is 165 Å². The van der Waals surface area contributed by atoms with Gasteiger partial charge in [0.05, 0.1) is 24.8 Å². The zero-order chi connectivity index (χ0) is 20.0. The number of fused-ring (bicyclic) bond motifs is 1. The van der Waals surface area contributed by atoms with Crippen LogP contribution in [-0.4, -0.2) is 30.8 Å². The maximum Gasteiger partial charge on any atom is 0.159 e. The zero-order valence-corrected chi connectivity index (χ0v) is 16.0. The molecule has 1 aliphatic rings. The maximum absolute atomic E-state index is 13.3. The number of aryl methyl sites for hydroxylation is 1. The summed E-state index contributed by atoms with van der Waals surface area (Å²) in [6.07, 6.45) is 4.41. The molecule has 3 atom stereocenters. The van der Waals surface area contributed by atoms with Gasteiger partial charge in [-0.3, -0.25) is 5.73 Å². The van der Waals surface area contributed by atoms with E-state index in [1.54, 1.807) is 26.8 Å². The number of hydrogen-bond donors (Lipinski definition) is 2. The first-order valence-corrected chi connectivity index (χ1v) is 8.94. The first-order valence-electron chi connectivity index (χ1n) is 8.56. The van der Waals surface area contributed by atoms with E-state index in [2.05, 4.69) is 19.9 Å². The zero-order valence-electron chi connectivity index (χ0n) is 15.2. The lowest BCUT2D eigenvalue weighted by molar-refractivity contribution is 0.432. The summed E-state index contributed by atoms with van der Waals surface area (Å²) in [5.74, 6) is 1.01. The smallest absolute Gasteiger partial charge is 0.159 e. The van der Waals surface area contributed by atoms with Crippen LogP contribution in [0.4, 0.5) is 16.0 Å². The number of aromatic nitrogens is 5. The molecule has 4 N–H and O–H groups in total. The van der Waals surface area contributed by atoms with Crippen LogP contribution in [0.15, 0.2) is 37.1 Å². The van der Waals surface area contributed by atoms with Crippen LogP contribution in [-0.2, 0) is 7.05 Å². The molecule has 0 saturated heterocycles. The molecule has 1 aliphatic heterocycles. The van der Waals surface area contributed by atoms with E-state index in [0.717, 1.165) is 18.0 Å². The van der Waals surface area contributed by atoms with Crippen LogP contribution >= 0.6 is 11.6 Å². The summed E-state index contributed by atoms with van der Waals surface area (Å²) in [6, 6.07) is 3.05. The van der Waals surface area contributed by atoms with E-state index in [1.807, 2.05) is 26.2 Å². The van der Waals surface area contributed by atoms with E-state index < -0.39 is 24.3 Å². The van der Waals surface area contributed by atoms with E-state index in [4.69, 9.17) is 23.1 Å². The number of hydrogen-bond acceptors (Lipinski definition) is 8. The van der Waals surface area contributed by atoms with Gasteiger partial charge in [-0.1, -0.05) is 11.6 Å². The van der Waals surface area contributed by atoms with Gasteiger partial charge in [-0.15, -0.1) is 0 Å². The molecule has 3 aromatic heterocycles. The van der Waals surface area contributed by atoms with Gasteiger partial charge in [-0.05, 0) is 19.1 Å². The van der Waals surface area contributed by atoms with Crippen molar-refractivity contribution in [2.45, 2.75) is 25.4 Å². The van der Waals surface area contributed by atoms with Gasteiger partial charge in [-0.25, -0.2) is 24.3 Å². The second-order valence-electron chi connectivity index (χ2n) is 6.55. The van der Waals surface area contributed by atoms with Crippen molar-refractivity contribution in [2.24, 2.45) is 18.5 Å². The predicted molar refractivity (Wildman–Crippen MR) is 103 cm³/mol. The minimum atomic E-state index is -0.730. The van der Waals surface area contributed by atoms with Crippen molar-refractivity contribution in [1.82, 2.24) is 24.5 Å². The number of nitrogens with zero attached hydrogens (tertiary/aromatic N) is 7. The Kier molecular flexibility index (Phi) is 4.61. The molecule has 9 nitrogen and oxygen atoms in total. The van der Waals surface area contributed by atoms with Crippen molar-refractivity contribution >= 4 is 23.2 Å². The fourth-order valence-electron chi connectivity index (χ4n) is 3.33. The van der Waals surface area contributed by atoms with E-state index in [0.29, 0.717) is 22.6 Å². The summed E-state index contributed by atoms with van der Waals surface area (Å²) in [6.45, 7) is 1.85. The van der Waals surface area contributed by atoms with E-state index in [1.165, 1.54) is 0 Å². The van der Waals surface area contributed by atoms with E-state index in [-0.39, 0.29) is 0 Å². The molecule has 4 heterocycles. The first kappa shape index (κ1) is 18.5. The summed E-state index contributed by atoms with van der Waals surface area (Å²) in [7, 11) is 1.86. The minimum Gasteiger partial charge on any atom is -0.338 e. The Morgan fingerprint density at radius 3 is 2.54 bits per heavy atom. The van der Waals surface area contributed by atoms with Crippen LogP contribution in [0, 0.1) is 5.82 Å². The second-order valence-corrected chi connectivity index (χ2v) is 6.94. The fourth-order valence-corrected chi connectivity index (χ4v) is 3.48. The van der Waals surface area contributed by atoms with Gasteiger partial charge in [-0.2, -0.15) is 0 Å². The van der Waals surface area contributed by atoms with E-state index >= 15 is 0 Å². The van der Waals surface area contributed by atoms with Crippen molar-refractivity contribution in [1.29, 1.82) is 0 Å². The lowest BCUT2D eigenvalue weighted by Crippen LogP contribution is -2.62. The highest BCUT2D eigenvalue weighted by Crippen LogP contribution is 2.40. The molecule has 3 aromatic rings. The molecule has 146 valence electrons. The van der Waals surface area contributed by atoms with Crippen molar-refractivity contribution in [3.05, 3.63) is 59.4 Å². The third-order valence-electron chi connectivity index (χ3n) is 4.69. The van der Waals surface area contributed by atoms with Gasteiger partial charge in [0.1, 0.15) is 17.1 Å². The Morgan fingerprint density at radius 2 is 1.89 bits per heavy atom. The van der Waals surface area contributed by atoms with Crippen molar-refractivity contribution < 1.29 is 4.39 Å².